The first-order chi connectivity index (χ1) is 13.2. The largest absolute Gasteiger partial charge is 0.361 e. The Kier molecular flexibility index (Phi) is 4.92. The molecule has 1 aliphatic rings. The molecule has 138 valence electrons. The predicted octanol–water partition coefficient (Wildman–Crippen LogP) is 2.88. The van der Waals surface area contributed by atoms with Crippen molar-refractivity contribution in [3.05, 3.63) is 71.9 Å². The van der Waals surface area contributed by atoms with Gasteiger partial charge in [0.25, 0.3) is 0 Å². The summed E-state index contributed by atoms with van der Waals surface area (Å²) < 4.78 is 0. The van der Waals surface area contributed by atoms with E-state index in [2.05, 4.69) is 16.4 Å². The van der Waals surface area contributed by atoms with Gasteiger partial charge < -0.3 is 15.2 Å². The molecule has 2 N–H and O–H groups in total. The molecule has 3 aromatic rings. The number of carbonyl (C=O) groups is 2. The summed E-state index contributed by atoms with van der Waals surface area (Å²) in [5.41, 5.74) is 3.39. The van der Waals surface area contributed by atoms with Crippen molar-refractivity contribution in [2.75, 3.05) is 13.1 Å². The van der Waals surface area contributed by atoms with Gasteiger partial charge in [0.15, 0.2) is 0 Å². The van der Waals surface area contributed by atoms with Gasteiger partial charge in [-0.25, -0.2) is 0 Å². The van der Waals surface area contributed by atoms with Gasteiger partial charge in [-0.3, -0.25) is 9.59 Å². The zero-order valence-electron chi connectivity index (χ0n) is 15.2. The van der Waals surface area contributed by atoms with Crippen molar-refractivity contribution in [1.29, 1.82) is 0 Å². The Morgan fingerprint density at radius 2 is 1.89 bits per heavy atom. The number of benzene rings is 2. The van der Waals surface area contributed by atoms with Crippen molar-refractivity contribution < 1.29 is 9.59 Å². The van der Waals surface area contributed by atoms with Crippen LogP contribution in [0.5, 0.6) is 0 Å². The molecule has 1 saturated heterocycles. The summed E-state index contributed by atoms with van der Waals surface area (Å²) in [5, 5.41) is 4.19. The minimum absolute atomic E-state index is 0.0289. The van der Waals surface area contributed by atoms with E-state index in [4.69, 9.17) is 0 Å². The van der Waals surface area contributed by atoms with Crippen LogP contribution in [0.1, 0.15) is 17.5 Å². The maximum atomic E-state index is 12.5. The third-order valence-corrected chi connectivity index (χ3v) is 5.17. The Morgan fingerprint density at radius 1 is 1.11 bits per heavy atom. The highest BCUT2D eigenvalue weighted by Gasteiger charge is 2.33. The number of aromatic amines is 1. The monoisotopic (exact) mass is 361 g/mol. The van der Waals surface area contributed by atoms with Crippen molar-refractivity contribution >= 4 is 22.7 Å². The maximum Gasteiger partial charge on any atom is 0.225 e. The number of para-hydroxylation sites is 1. The number of hydrogen-bond donors (Lipinski definition) is 2. The quantitative estimate of drug-likeness (QED) is 0.709. The molecule has 1 unspecified atom stereocenters. The van der Waals surface area contributed by atoms with Crippen molar-refractivity contribution in [3.63, 3.8) is 0 Å². The number of rotatable bonds is 6. The van der Waals surface area contributed by atoms with Crippen LogP contribution in [-0.2, 0) is 22.6 Å². The normalized spacial score (nSPS) is 16.8. The molecule has 1 fully saturated rings. The van der Waals surface area contributed by atoms with E-state index < -0.39 is 0 Å². The lowest BCUT2D eigenvalue weighted by Crippen LogP contribution is -2.34. The molecule has 27 heavy (non-hydrogen) atoms. The molecule has 0 spiro atoms. The van der Waals surface area contributed by atoms with Crippen LogP contribution in [0, 0.1) is 5.92 Å². The number of fused-ring (bicyclic) bond motifs is 1. The van der Waals surface area contributed by atoms with E-state index in [0.717, 1.165) is 17.5 Å². The summed E-state index contributed by atoms with van der Waals surface area (Å²) in [4.78, 5) is 29.8. The fraction of sp³-hybridized carbons (Fsp3) is 0.273. The van der Waals surface area contributed by atoms with Gasteiger partial charge >= 0.3 is 0 Å². The Bertz CT molecular complexity index is 948. The lowest BCUT2D eigenvalue weighted by molar-refractivity contribution is -0.129. The van der Waals surface area contributed by atoms with Gasteiger partial charge in [0.1, 0.15) is 0 Å². The number of nitrogens with one attached hydrogen (secondary N) is 2. The second kappa shape index (κ2) is 7.66. The highest BCUT2D eigenvalue weighted by atomic mass is 16.2. The van der Waals surface area contributed by atoms with Crippen molar-refractivity contribution in [1.82, 2.24) is 15.2 Å². The molecule has 2 aromatic carbocycles. The standard InChI is InChI=1S/C22H23N3O2/c26-21-12-18(15-25(21)14-16-6-2-1-3-7-16)22(27)23-11-10-17-13-24-20-9-5-4-8-19(17)20/h1-9,13,18,24H,10-12,14-15H2,(H,23,27). The highest BCUT2D eigenvalue weighted by Crippen LogP contribution is 2.21. The second-order valence-electron chi connectivity index (χ2n) is 7.06. The van der Waals surface area contributed by atoms with E-state index in [1.54, 1.807) is 4.90 Å². The molecule has 1 aromatic heterocycles. The Labute approximate surface area is 158 Å². The molecule has 1 atom stereocenters. The smallest absolute Gasteiger partial charge is 0.225 e. The van der Waals surface area contributed by atoms with Crippen LogP contribution in [0.4, 0.5) is 0 Å². The molecule has 5 heteroatoms. The van der Waals surface area contributed by atoms with Crippen LogP contribution < -0.4 is 5.32 Å². The van der Waals surface area contributed by atoms with Crippen LogP contribution in [0.15, 0.2) is 60.8 Å². The van der Waals surface area contributed by atoms with Gasteiger partial charge in [0, 0.05) is 43.2 Å². The zero-order chi connectivity index (χ0) is 18.6. The van der Waals surface area contributed by atoms with Crippen LogP contribution in [0.3, 0.4) is 0 Å². The average Bonchev–Trinajstić information content (AvgIpc) is 3.27. The van der Waals surface area contributed by atoms with E-state index in [1.807, 2.05) is 54.7 Å². The molecule has 0 aliphatic carbocycles. The summed E-state index contributed by atoms with van der Waals surface area (Å²) in [6.07, 6.45) is 3.06. The van der Waals surface area contributed by atoms with Crippen LogP contribution in [0.2, 0.25) is 0 Å². The van der Waals surface area contributed by atoms with Crippen LogP contribution >= 0.6 is 0 Å². The minimum atomic E-state index is -0.260. The first kappa shape index (κ1) is 17.3. The van der Waals surface area contributed by atoms with Crippen molar-refractivity contribution in [3.8, 4) is 0 Å². The minimum Gasteiger partial charge on any atom is -0.361 e. The third kappa shape index (κ3) is 3.87. The molecule has 0 saturated carbocycles. The summed E-state index contributed by atoms with van der Waals surface area (Å²) in [6, 6.07) is 18.0. The lowest BCUT2D eigenvalue weighted by Gasteiger charge is -2.16. The molecule has 5 nitrogen and oxygen atoms in total. The number of likely N-dealkylation sites (tertiary alicyclic amines) is 1. The molecular formula is C22H23N3O2. The summed E-state index contributed by atoms with van der Waals surface area (Å²) in [7, 11) is 0. The molecule has 0 radical (unpaired) electrons. The van der Waals surface area contributed by atoms with Gasteiger partial charge in [-0.15, -0.1) is 0 Å². The summed E-state index contributed by atoms with van der Waals surface area (Å²) in [5.74, 6) is -0.237. The predicted molar refractivity (Wildman–Crippen MR) is 105 cm³/mol. The fourth-order valence-corrected chi connectivity index (χ4v) is 3.71. The molecule has 2 heterocycles. The molecular weight excluding hydrogens is 338 g/mol. The molecule has 4 rings (SSSR count). The number of H-pyrrole nitrogens is 1. The maximum absolute atomic E-state index is 12.5. The van der Waals surface area contributed by atoms with Gasteiger partial charge in [0.05, 0.1) is 5.92 Å². The van der Waals surface area contributed by atoms with Gasteiger partial charge in [0.2, 0.25) is 11.8 Å². The number of nitrogens with zero attached hydrogens (tertiary/aromatic N) is 1. The second-order valence-corrected chi connectivity index (χ2v) is 7.06. The van der Waals surface area contributed by atoms with E-state index in [9.17, 15) is 9.59 Å². The first-order valence-electron chi connectivity index (χ1n) is 9.35. The molecule has 1 aliphatic heterocycles. The van der Waals surface area contributed by atoms with Gasteiger partial charge in [-0.1, -0.05) is 48.5 Å². The Hall–Kier alpha value is -3.08. The third-order valence-electron chi connectivity index (χ3n) is 5.17. The number of hydrogen-bond acceptors (Lipinski definition) is 2. The zero-order valence-corrected chi connectivity index (χ0v) is 15.2. The Balaban J connectivity index is 1.29. The highest BCUT2D eigenvalue weighted by molar-refractivity contribution is 5.89. The van der Waals surface area contributed by atoms with Crippen molar-refractivity contribution in [2.24, 2.45) is 5.92 Å². The number of carbonyl (C=O) groups excluding carboxylic acids is 2. The SMILES string of the molecule is O=C(NCCc1c[nH]c2ccccc12)C1CC(=O)N(Cc2ccccc2)C1. The van der Waals surface area contributed by atoms with E-state index in [-0.39, 0.29) is 17.7 Å². The topological polar surface area (TPSA) is 65.2 Å². The molecule has 2 amide bonds. The number of amides is 2. The van der Waals surface area contributed by atoms with E-state index >= 15 is 0 Å². The summed E-state index contributed by atoms with van der Waals surface area (Å²) >= 11 is 0. The Morgan fingerprint density at radius 3 is 2.74 bits per heavy atom. The van der Waals surface area contributed by atoms with E-state index in [0.29, 0.717) is 26.1 Å². The summed E-state index contributed by atoms with van der Waals surface area (Å²) in [6.45, 7) is 1.63. The first-order valence-corrected chi connectivity index (χ1v) is 9.35. The van der Waals surface area contributed by atoms with Crippen molar-refractivity contribution in [2.45, 2.75) is 19.4 Å². The molecule has 0 bridgehead atoms. The average molecular weight is 361 g/mol. The number of aromatic nitrogens is 1. The van der Waals surface area contributed by atoms with Crippen LogP contribution in [-0.4, -0.2) is 34.8 Å². The van der Waals surface area contributed by atoms with Crippen LogP contribution in [0.25, 0.3) is 10.9 Å². The van der Waals surface area contributed by atoms with Gasteiger partial charge in [-0.05, 0) is 23.6 Å². The van der Waals surface area contributed by atoms with Gasteiger partial charge in [-0.2, -0.15) is 0 Å². The van der Waals surface area contributed by atoms with E-state index in [1.165, 1.54) is 10.9 Å². The lowest BCUT2D eigenvalue weighted by atomic mass is 10.1. The fourth-order valence-electron chi connectivity index (χ4n) is 3.71.